The minimum Gasteiger partial charge on any atom is -0.367 e. The molecule has 6 nitrogen and oxygen atoms in total. The van der Waals surface area contributed by atoms with Crippen molar-refractivity contribution in [2.24, 2.45) is 12.8 Å². The van der Waals surface area contributed by atoms with Crippen LogP contribution < -0.4 is 5.73 Å². The van der Waals surface area contributed by atoms with Crippen molar-refractivity contribution in [2.45, 2.75) is 12.6 Å². The predicted molar refractivity (Wildman–Crippen MR) is 80.7 cm³/mol. The summed E-state index contributed by atoms with van der Waals surface area (Å²) < 4.78 is 7.21. The van der Waals surface area contributed by atoms with Gasteiger partial charge in [-0.1, -0.05) is 6.07 Å². The Morgan fingerprint density at radius 2 is 2.48 bits per heavy atom. The Balaban J connectivity index is 1.77. The molecule has 0 bridgehead atoms. The normalized spacial score (nSPS) is 19.8. The average molecular weight is 306 g/mol. The predicted octanol–water partition coefficient (Wildman–Crippen LogP) is 0.835. The van der Waals surface area contributed by atoms with Crippen LogP contribution in [-0.2, 0) is 23.1 Å². The molecule has 21 heavy (non-hydrogen) atoms. The van der Waals surface area contributed by atoms with Crippen molar-refractivity contribution in [1.82, 2.24) is 14.7 Å². The van der Waals surface area contributed by atoms with Gasteiger partial charge in [-0.2, -0.15) is 5.10 Å². The highest BCUT2D eigenvalue weighted by atomic mass is 32.1. The Labute approximate surface area is 127 Å². The molecule has 0 spiro atoms. The second-order valence-corrected chi connectivity index (χ2v) is 6.10. The van der Waals surface area contributed by atoms with E-state index in [0.29, 0.717) is 13.2 Å². The molecule has 1 fully saturated rings. The molecule has 1 amide bonds. The van der Waals surface area contributed by atoms with E-state index in [-0.39, 0.29) is 0 Å². The number of rotatable bonds is 4. The smallest absolute Gasteiger partial charge is 0.247 e. The maximum atomic E-state index is 11.3. The van der Waals surface area contributed by atoms with Crippen molar-refractivity contribution in [3.05, 3.63) is 29.3 Å². The lowest BCUT2D eigenvalue weighted by Gasteiger charge is -2.31. The molecule has 3 heterocycles. The van der Waals surface area contributed by atoms with E-state index in [1.807, 2.05) is 29.4 Å². The van der Waals surface area contributed by atoms with Crippen LogP contribution in [0.5, 0.6) is 0 Å². The van der Waals surface area contributed by atoms with Crippen molar-refractivity contribution in [3.63, 3.8) is 0 Å². The molecule has 1 unspecified atom stereocenters. The number of ether oxygens (including phenoxy) is 1. The van der Waals surface area contributed by atoms with E-state index < -0.39 is 12.0 Å². The Morgan fingerprint density at radius 1 is 1.62 bits per heavy atom. The van der Waals surface area contributed by atoms with Gasteiger partial charge in [-0.05, 0) is 11.4 Å². The van der Waals surface area contributed by atoms with Gasteiger partial charge in [0, 0.05) is 38.4 Å². The molecular weight excluding hydrogens is 288 g/mol. The van der Waals surface area contributed by atoms with Gasteiger partial charge in [0.2, 0.25) is 5.91 Å². The number of hydrogen-bond acceptors (Lipinski definition) is 5. The van der Waals surface area contributed by atoms with Gasteiger partial charge in [-0.15, -0.1) is 11.3 Å². The number of hydrogen-bond donors (Lipinski definition) is 1. The van der Waals surface area contributed by atoms with Gasteiger partial charge < -0.3 is 10.5 Å². The van der Waals surface area contributed by atoms with Gasteiger partial charge in [0.1, 0.15) is 11.8 Å². The number of nitrogens with zero attached hydrogens (tertiary/aromatic N) is 3. The lowest BCUT2D eigenvalue weighted by Crippen LogP contribution is -2.47. The number of morpholine rings is 1. The van der Waals surface area contributed by atoms with Crippen LogP contribution in [0.3, 0.4) is 0 Å². The van der Waals surface area contributed by atoms with E-state index in [2.05, 4.69) is 16.1 Å². The lowest BCUT2D eigenvalue weighted by molar-refractivity contribution is -0.135. The summed E-state index contributed by atoms with van der Waals surface area (Å²) in [6.07, 6.45) is 1.52. The molecule has 0 aromatic carbocycles. The summed E-state index contributed by atoms with van der Waals surface area (Å²) >= 11 is 1.68. The van der Waals surface area contributed by atoms with Gasteiger partial charge in [-0.3, -0.25) is 14.4 Å². The first kappa shape index (κ1) is 14.2. The number of aryl methyl sites for hydroxylation is 1. The van der Waals surface area contributed by atoms with Gasteiger partial charge in [0.25, 0.3) is 0 Å². The fourth-order valence-corrected chi connectivity index (χ4v) is 3.28. The molecule has 2 aromatic heterocycles. The van der Waals surface area contributed by atoms with E-state index in [0.717, 1.165) is 29.2 Å². The van der Waals surface area contributed by atoms with Crippen molar-refractivity contribution in [1.29, 1.82) is 0 Å². The maximum Gasteiger partial charge on any atom is 0.247 e. The standard InChI is InChI=1S/C14H18N4O2S/c1-17-7-10(13(16-17)12-3-2-6-21-12)8-18-4-5-20-11(9-18)14(15)19/h2-3,6-7,11H,4-5,8-9H2,1H3,(H2,15,19). The van der Waals surface area contributed by atoms with Crippen molar-refractivity contribution in [3.8, 4) is 10.6 Å². The molecule has 1 aliphatic rings. The van der Waals surface area contributed by atoms with Gasteiger partial charge in [-0.25, -0.2) is 0 Å². The van der Waals surface area contributed by atoms with Crippen LogP contribution in [0.4, 0.5) is 0 Å². The van der Waals surface area contributed by atoms with Gasteiger partial charge in [0.15, 0.2) is 0 Å². The van der Waals surface area contributed by atoms with Crippen LogP contribution >= 0.6 is 11.3 Å². The Hall–Kier alpha value is -1.70. The summed E-state index contributed by atoms with van der Waals surface area (Å²) in [5.74, 6) is -0.399. The van der Waals surface area contributed by atoms with Crippen LogP contribution in [0.15, 0.2) is 23.7 Å². The summed E-state index contributed by atoms with van der Waals surface area (Å²) in [5, 5.41) is 6.60. The van der Waals surface area contributed by atoms with Crippen molar-refractivity contribution in [2.75, 3.05) is 19.7 Å². The fraction of sp³-hybridized carbons (Fsp3) is 0.429. The van der Waals surface area contributed by atoms with Crippen molar-refractivity contribution < 1.29 is 9.53 Å². The topological polar surface area (TPSA) is 73.4 Å². The second kappa shape index (κ2) is 5.97. The van der Waals surface area contributed by atoms with Gasteiger partial charge >= 0.3 is 0 Å². The average Bonchev–Trinajstić information content (AvgIpc) is 3.08. The number of nitrogens with two attached hydrogens (primary N) is 1. The number of primary amides is 1. The number of carbonyl (C=O) groups excluding carboxylic acids is 1. The minimum absolute atomic E-state index is 0.399. The first-order valence-corrected chi connectivity index (χ1v) is 7.71. The number of carbonyl (C=O) groups is 1. The van der Waals surface area contributed by atoms with E-state index >= 15 is 0 Å². The summed E-state index contributed by atoms with van der Waals surface area (Å²) in [4.78, 5) is 14.6. The molecule has 0 aliphatic carbocycles. The summed E-state index contributed by atoms with van der Waals surface area (Å²) in [7, 11) is 1.92. The lowest BCUT2D eigenvalue weighted by atomic mass is 10.2. The quantitative estimate of drug-likeness (QED) is 0.908. The van der Waals surface area contributed by atoms with Gasteiger partial charge in [0.05, 0.1) is 11.5 Å². The second-order valence-electron chi connectivity index (χ2n) is 5.15. The highest BCUT2D eigenvalue weighted by Gasteiger charge is 2.25. The minimum atomic E-state index is -0.513. The Bertz CT molecular complexity index is 623. The maximum absolute atomic E-state index is 11.3. The monoisotopic (exact) mass is 306 g/mol. The van der Waals surface area contributed by atoms with Crippen LogP contribution in [0.2, 0.25) is 0 Å². The van der Waals surface area contributed by atoms with Crippen LogP contribution in [0.1, 0.15) is 5.56 Å². The van der Waals surface area contributed by atoms with E-state index in [9.17, 15) is 4.79 Å². The van der Waals surface area contributed by atoms with Crippen LogP contribution in [0, 0.1) is 0 Å². The molecule has 1 atom stereocenters. The first-order valence-electron chi connectivity index (χ1n) is 6.83. The molecule has 112 valence electrons. The van der Waals surface area contributed by atoms with E-state index in [1.54, 1.807) is 11.3 Å². The third kappa shape index (κ3) is 3.15. The zero-order chi connectivity index (χ0) is 14.8. The number of aromatic nitrogens is 2. The first-order chi connectivity index (χ1) is 10.1. The van der Waals surface area contributed by atoms with E-state index in [1.165, 1.54) is 0 Å². The fourth-order valence-electron chi connectivity index (χ4n) is 2.53. The van der Waals surface area contributed by atoms with Crippen LogP contribution in [-0.4, -0.2) is 46.4 Å². The molecule has 0 saturated carbocycles. The Kier molecular flexibility index (Phi) is 4.05. The molecule has 2 aromatic rings. The van der Waals surface area contributed by atoms with E-state index in [4.69, 9.17) is 10.5 Å². The van der Waals surface area contributed by atoms with Crippen LogP contribution in [0.25, 0.3) is 10.6 Å². The third-order valence-electron chi connectivity index (χ3n) is 3.52. The molecular formula is C14H18N4O2S. The zero-order valence-electron chi connectivity index (χ0n) is 11.9. The van der Waals surface area contributed by atoms with Crippen molar-refractivity contribution >= 4 is 17.2 Å². The molecule has 1 aliphatic heterocycles. The molecule has 2 N–H and O–H groups in total. The highest BCUT2D eigenvalue weighted by molar-refractivity contribution is 7.13. The zero-order valence-corrected chi connectivity index (χ0v) is 12.7. The SMILES string of the molecule is Cn1cc(CN2CCOC(C(N)=O)C2)c(-c2cccs2)n1. The summed E-state index contributed by atoms with van der Waals surface area (Å²) in [6, 6.07) is 4.10. The number of thiophene rings is 1. The third-order valence-corrected chi connectivity index (χ3v) is 4.40. The summed E-state index contributed by atoms with van der Waals surface area (Å²) in [5.41, 5.74) is 7.49. The molecule has 3 rings (SSSR count). The molecule has 1 saturated heterocycles. The molecule has 7 heteroatoms. The highest BCUT2D eigenvalue weighted by Crippen LogP contribution is 2.27. The Morgan fingerprint density at radius 3 is 3.19 bits per heavy atom. The summed E-state index contributed by atoms with van der Waals surface area (Å²) in [6.45, 7) is 2.60. The number of amides is 1. The molecule has 0 radical (unpaired) electrons. The largest absolute Gasteiger partial charge is 0.367 e.